The van der Waals surface area contributed by atoms with E-state index in [0.717, 1.165) is 44.3 Å². The zero-order valence-corrected chi connectivity index (χ0v) is 18.3. The molecule has 4 saturated carbocycles. The summed E-state index contributed by atoms with van der Waals surface area (Å²) < 4.78 is 6.18. The largest absolute Gasteiger partial charge is 0.459 e. The molecule has 1 amide bonds. The highest BCUT2D eigenvalue weighted by Crippen LogP contribution is 2.64. The standard InChI is InChI=1S/C24H32N4O3/c1-16-6-19(13-25)28(14-16)21(29)12-23-8-17-7-18(9-23)11-24(10-17,15-23)31-22(30)3-2-20-26-4-5-27-20/h4-5,16-19H,2-3,6-12,14-15H2,1H3,(H,26,27). The van der Waals surface area contributed by atoms with E-state index in [4.69, 9.17) is 4.74 Å². The number of nitrogens with zero attached hydrogens (tertiary/aromatic N) is 3. The number of ether oxygens (including phenoxy) is 1. The van der Waals surface area contributed by atoms with Crippen LogP contribution < -0.4 is 0 Å². The Labute approximate surface area is 183 Å². The van der Waals surface area contributed by atoms with E-state index in [9.17, 15) is 14.9 Å². The summed E-state index contributed by atoms with van der Waals surface area (Å²) >= 11 is 0. The van der Waals surface area contributed by atoms with Gasteiger partial charge < -0.3 is 14.6 Å². The summed E-state index contributed by atoms with van der Waals surface area (Å²) in [5, 5.41) is 9.48. The van der Waals surface area contributed by atoms with Crippen LogP contribution in [0.2, 0.25) is 0 Å². The number of rotatable bonds is 6. The number of esters is 1. The Kier molecular flexibility index (Phi) is 5.07. The summed E-state index contributed by atoms with van der Waals surface area (Å²) in [6.45, 7) is 2.80. The number of imidazole rings is 1. The SMILES string of the molecule is CC1CC(C#N)N(C(=O)CC23CC4CC(C2)CC(OC(=O)CCc2ncc[nH]2)(C4)C3)C1. The van der Waals surface area contributed by atoms with Crippen LogP contribution in [0.1, 0.15) is 70.5 Å². The fourth-order valence-electron chi connectivity index (χ4n) is 7.51. The van der Waals surface area contributed by atoms with Crippen LogP contribution in [-0.2, 0) is 20.7 Å². The molecule has 1 saturated heterocycles. The monoisotopic (exact) mass is 424 g/mol. The number of likely N-dealkylation sites (tertiary alicyclic amines) is 1. The topological polar surface area (TPSA) is 99.1 Å². The molecule has 1 aromatic rings. The van der Waals surface area contributed by atoms with Crippen molar-refractivity contribution >= 4 is 11.9 Å². The van der Waals surface area contributed by atoms with Crippen molar-refractivity contribution in [2.75, 3.05) is 6.54 Å². The first-order valence-corrected chi connectivity index (χ1v) is 11.8. The van der Waals surface area contributed by atoms with Crippen LogP contribution >= 0.6 is 0 Å². The lowest BCUT2D eigenvalue weighted by molar-refractivity contribution is -0.203. The minimum atomic E-state index is -0.405. The molecule has 6 rings (SSSR count). The van der Waals surface area contributed by atoms with Crippen molar-refractivity contribution in [2.24, 2.45) is 23.2 Å². The van der Waals surface area contributed by atoms with Gasteiger partial charge in [0.2, 0.25) is 5.91 Å². The third-order valence-corrected chi connectivity index (χ3v) is 8.09. The summed E-state index contributed by atoms with van der Waals surface area (Å²) in [7, 11) is 0. The Hall–Kier alpha value is -2.36. The van der Waals surface area contributed by atoms with Gasteiger partial charge in [-0.25, -0.2) is 4.98 Å². The lowest BCUT2D eigenvalue weighted by Crippen LogP contribution is -2.58. The van der Waals surface area contributed by atoms with Crippen LogP contribution in [-0.4, -0.2) is 44.9 Å². The molecule has 0 spiro atoms. The van der Waals surface area contributed by atoms with Gasteiger partial charge in [0.05, 0.1) is 12.5 Å². The van der Waals surface area contributed by atoms with Gasteiger partial charge in [0, 0.05) is 31.8 Å². The Balaban J connectivity index is 1.27. The second-order valence-electron chi connectivity index (χ2n) is 10.9. The van der Waals surface area contributed by atoms with E-state index in [1.54, 1.807) is 12.4 Å². The van der Waals surface area contributed by atoms with Crippen LogP contribution in [0.5, 0.6) is 0 Å². The number of aromatic nitrogens is 2. The van der Waals surface area contributed by atoms with Crippen LogP contribution in [0.25, 0.3) is 0 Å². The molecule has 7 nitrogen and oxygen atoms in total. The van der Waals surface area contributed by atoms with E-state index >= 15 is 0 Å². The molecular weight excluding hydrogens is 392 g/mol. The summed E-state index contributed by atoms with van der Waals surface area (Å²) in [6, 6.07) is 2.03. The van der Waals surface area contributed by atoms with Gasteiger partial charge >= 0.3 is 5.97 Å². The number of amides is 1. The molecule has 0 aromatic carbocycles. The Morgan fingerprint density at radius 2 is 2.06 bits per heavy atom. The van der Waals surface area contributed by atoms with Gasteiger partial charge in [-0.15, -0.1) is 0 Å². The molecule has 1 aliphatic heterocycles. The molecule has 4 aliphatic carbocycles. The van der Waals surface area contributed by atoms with E-state index in [1.165, 1.54) is 6.42 Å². The summed E-state index contributed by atoms with van der Waals surface area (Å²) in [5.41, 5.74) is -0.480. The van der Waals surface area contributed by atoms with E-state index in [1.807, 2.05) is 4.90 Å². The molecule has 4 atom stereocenters. The Morgan fingerprint density at radius 3 is 2.74 bits per heavy atom. The zero-order chi connectivity index (χ0) is 21.6. The normalized spacial score (nSPS) is 38.3. The molecule has 2 heterocycles. The van der Waals surface area contributed by atoms with Crippen LogP contribution in [0.3, 0.4) is 0 Å². The maximum Gasteiger partial charge on any atom is 0.306 e. The minimum absolute atomic E-state index is 0.0751. The highest BCUT2D eigenvalue weighted by atomic mass is 16.6. The van der Waals surface area contributed by atoms with Crippen molar-refractivity contribution in [1.29, 1.82) is 5.26 Å². The van der Waals surface area contributed by atoms with Gasteiger partial charge in [0.15, 0.2) is 0 Å². The first-order chi connectivity index (χ1) is 14.9. The highest BCUT2D eigenvalue weighted by Gasteiger charge is 2.60. The molecule has 1 aromatic heterocycles. The number of carbonyl (C=O) groups excluding carboxylic acids is 2. The van der Waals surface area contributed by atoms with Crippen LogP contribution in [0.15, 0.2) is 12.4 Å². The molecule has 4 bridgehead atoms. The van der Waals surface area contributed by atoms with Gasteiger partial charge in [-0.1, -0.05) is 6.92 Å². The van der Waals surface area contributed by atoms with Crippen molar-refractivity contribution in [3.63, 3.8) is 0 Å². The van der Waals surface area contributed by atoms with E-state index in [0.29, 0.717) is 43.6 Å². The maximum atomic E-state index is 13.3. The summed E-state index contributed by atoms with van der Waals surface area (Å²) in [5.74, 6) is 2.23. The summed E-state index contributed by atoms with van der Waals surface area (Å²) in [4.78, 5) is 35.0. The molecule has 5 fully saturated rings. The smallest absolute Gasteiger partial charge is 0.306 e. The third kappa shape index (κ3) is 3.97. The van der Waals surface area contributed by atoms with E-state index in [-0.39, 0.29) is 23.3 Å². The number of nitriles is 1. The summed E-state index contributed by atoms with van der Waals surface area (Å²) in [6.07, 6.45) is 11.6. The molecular formula is C24H32N4O3. The van der Waals surface area contributed by atoms with Crippen molar-refractivity contribution in [3.8, 4) is 6.07 Å². The first kappa shape index (κ1) is 20.5. The number of carbonyl (C=O) groups is 2. The number of H-pyrrole nitrogens is 1. The van der Waals surface area contributed by atoms with E-state index < -0.39 is 5.60 Å². The van der Waals surface area contributed by atoms with Crippen LogP contribution in [0.4, 0.5) is 0 Å². The third-order valence-electron chi connectivity index (χ3n) is 8.09. The lowest BCUT2D eigenvalue weighted by atomic mass is 9.47. The number of hydrogen-bond acceptors (Lipinski definition) is 5. The zero-order valence-electron chi connectivity index (χ0n) is 18.3. The first-order valence-electron chi connectivity index (χ1n) is 11.8. The molecule has 31 heavy (non-hydrogen) atoms. The second-order valence-corrected chi connectivity index (χ2v) is 10.9. The Bertz CT molecular complexity index is 875. The number of aromatic amines is 1. The lowest BCUT2D eigenvalue weighted by Gasteiger charge is -2.61. The van der Waals surface area contributed by atoms with Crippen molar-refractivity contribution in [2.45, 2.75) is 82.8 Å². The minimum Gasteiger partial charge on any atom is -0.459 e. The molecule has 1 N–H and O–H groups in total. The molecule has 7 heteroatoms. The van der Waals surface area contributed by atoms with Crippen molar-refractivity contribution in [3.05, 3.63) is 18.2 Å². The van der Waals surface area contributed by atoms with Crippen molar-refractivity contribution in [1.82, 2.24) is 14.9 Å². The van der Waals surface area contributed by atoms with Gasteiger partial charge in [-0.3, -0.25) is 9.59 Å². The molecule has 4 unspecified atom stereocenters. The Morgan fingerprint density at radius 1 is 1.29 bits per heavy atom. The quantitative estimate of drug-likeness (QED) is 0.706. The predicted molar refractivity (Wildman–Crippen MR) is 112 cm³/mol. The van der Waals surface area contributed by atoms with Gasteiger partial charge in [-0.05, 0) is 68.1 Å². The fraction of sp³-hybridized carbons (Fsp3) is 0.750. The van der Waals surface area contributed by atoms with E-state index in [2.05, 4.69) is 23.0 Å². The average molecular weight is 425 g/mol. The number of nitrogens with one attached hydrogen (secondary N) is 1. The molecule has 5 aliphatic rings. The number of aryl methyl sites for hydroxylation is 1. The van der Waals surface area contributed by atoms with Crippen molar-refractivity contribution < 1.29 is 14.3 Å². The predicted octanol–water partition coefficient (Wildman–Crippen LogP) is 3.38. The van der Waals surface area contributed by atoms with Crippen LogP contribution in [0, 0.1) is 34.5 Å². The fourth-order valence-corrected chi connectivity index (χ4v) is 7.51. The maximum absolute atomic E-state index is 13.3. The number of hydrogen-bond donors (Lipinski definition) is 1. The van der Waals surface area contributed by atoms with Gasteiger partial charge in [0.1, 0.15) is 17.5 Å². The van der Waals surface area contributed by atoms with Gasteiger partial charge in [0.25, 0.3) is 0 Å². The second kappa shape index (κ2) is 7.65. The van der Waals surface area contributed by atoms with Gasteiger partial charge in [-0.2, -0.15) is 5.26 Å². The molecule has 166 valence electrons. The molecule has 0 radical (unpaired) electrons. The average Bonchev–Trinajstić information content (AvgIpc) is 3.33. The highest BCUT2D eigenvalue weighted by molar-refractivity contribution is 5.78.